The van der Waals surface area contributed by atoms with Gasteiger partial charge in [-0.25, -0.2) is 14.6 Å². The van der Waals surface area contributed by atoms with Crippen LogP contribution in [0.4, 0.5) is 5.13 Å². The molecule has 0 saturated heterocycles. The molecule has 1 atom stereocenters. The van der Waals surface area contributed by atoms with Crippen molar-refractivity contribution in [1.82, 2.24) is 4.98 Å². The van der Waals surface area contributed by atoms with Crippen molar-refractivity contribution < 1.29 is 19.1 Å². The van der Waals surface area contributed by atoms with Crippen LogP contribution < -0.4 is 5.32 Å². The lowest BCUT2D eigenvalue weighted by atomic mass is 10.3. The van der Waals surface area contributed by atoms with Gasteiger partial charge in [-0.3, -0.25) is 0 Å². The number of carbonyl (C=O) groups is 2. The fraction of sp³-hybridized carbons (Fsp3) is 0.444. The highest BCUT2D eigenvalue weighted by atomic mass is 32.1. The molecule has 1 aromatic rings. The number of hydrogen-bond donors (Lipinski definition) is 1. The molecule has 0 radical (unpaired) electrons. The number of nitrogens with one attached hydrogen (secondary N) is 1. The van der Waals surface area contributed by atoms with Gasteiger partial charge in [0.15, 0.2) is 5.13 Å². The van der Waals surface area contributed by atoms with Gasteiger partial charge in [0.05, 0.1) is 20.4 Å². The SMILES string of the molecule is COC(=O)c1cnc(NC(C)C(=O)OC)s1. The third kappa shape index (κ3) is 2.93. The number of rotatable bonds is 4. The fourth-order valence-corrected chi connectivity index (χ4v) is 1.78. The summed E-state index contributed by atoms with van der Waals surface area (Å²) in [6.07, 6.45) is 1.39. The van der Waals surface area contributed by atoms with E-state index < -0.39 is 18.0 Å². The number of nitrogens with zero attached hydrogens (tertiary/aromatic N) is 1. The minimum atomic E-state index is -0.512. The van der Waals surface area contributed by atoms with Crippen LogP contribution in [-0.2, 0) is 14.3 Å². The van der Waals surface area contributed by atoms with Crippen LogP contribution in [-0.4, -0.2) is 37.2 Å². The third-order valence-corrected chi connectivity index (χ3v) is 2.70. The first-order valence-corrected chi connectivity index (χ1v) is 5.28. The zero-order valence-corrected chi connectivity index (χ0v) is 9.96. The van der Waals surface area contributed by atoms with Gasteiger partial charge in [0.2, 0.25) is 0 Å². The van der Waals surface area contributed by atoms with Crippen LogP contribution in [0.15, 0.2) is 6.20 Å². The number of carbonyl (C=O) groups excluding carboxylic acids is 2. The Morgan fingerprint density at radius 1 is 1.44 bits per heavy atom. The predicted molar refractivity (Wildman–Crippen MR) is 58.6 cm³/mol. The van der Waals surface area contributed by atoms with Crippen molar-refractivity contribution in [3.05, 3.63) is 11.1 Å². The van der Waals surface area contributed by atoms with Crippen molar-refractivity contribution in [1.29, 1.82) is 0 Å². The molecule has 88 valence electrons. The molecule has 0 saturated carbocycles. The van der Waals surface area contributed by atoms with E-state index in [1.807, 2.05) is 0 Å². The molecule has 7 heteroatoms. The van der Waals surface area contributed by atoms with E-state index in [0.29, 0.717) is 10.0 Å². The van der Waals surface area contributed by atoms with Crippen molar-refractivity contribution >= 4 is 28.4 Å². The number of aromatic nitrogens is 1. The Kier molecular flexibility index (Phi) is 4.24. The Balaban J connectivity index is 2.65. The number of anilines is 1. The molecule has 1 heterocycles. The van der Waals surface area contributed by atoms with Crippen molar-refractivity contribution in [2.45, 2.75) is 13.0 Å². The Morgan fingerprint density at radius 2 is 2.12 bits per heavy atom. The van der Waals surface area contributed by atoms with Crippen molar-refractivity contribution in [2.24, 2.45) is 0 Å². The topological polar surface area (TPSA) is 77.5 Å². The molecule has 0 fully saturated rings. The second-order valence-electron chi connectivity index (χ2n) is 2.91. The van der Waals surface area contributed by atoms with E-state index in [4.69, 9.17) is 0 Å². The summed E-state index contributed by atoms with van der Waals surface area (Å²) in [6.45, 7) is 1.64. The first kappa shape index (κ1) is 12.4. The molecule has 6 nitrogen and oxygen atoms in total. The molecule has 0 bridgehead atoms. The summed E-state index contributed by atoms with van der Waals surface area (Å²) in [5.74, 6) is -0.842. The van der Waals surface area contributed by atoms with Crippen LogP contribution in [0.25, 0.3) is 0 Å². The molecule has 0 spiro atoms. The van der Waals surface area contributed by atoms with E-state index >= 15 is 0 Å². The summed E-state index contributed by atoms with van der Waals surface area (Å²) >= 11 is 1.12. The number of ether oxygens (including phenoxy) is 2. The lowest BCUT2D eigenvalue weighted by molar-refractivity contribution is -0.141. The minimum absolute atomic E-state index is 0.377. The Labute approximate surface area is 96.6 Å². The summed E-state index contributed by atoms with van der Waals surface area (Å²) in [7, 11) is 2.61. The van der Waals surface area contributed by atoms with Crippen LogP contribution in [0.3, 0.4) is 0 Å². The second kappa shape index (κ2) is 5.45. The highest BCUT2D eigenvalue weighted by molar-refractivity contribution is 7.17. The van der Waals surface area contributed by atoms with E-state index in [9.17, 15) is 9.59 Å². The number of esters is 2. The average molecular weight is 244 g/mol. The summed E-state index contributed by atoms with van der Waals surface area (Å²) in [6, 6.07) is -0.512. The Morgan fingerprint density at radius 3 is 2.69 bits per heavy atom. The standard InChI is InChI=1S/C9H12N2O4S/c1-5(7(12)14-2)11-9-10-4-6(16-9)8(13)15-3/h4-5H,1-3H3,(H,10,11). The maximum absolute atomic E-state index is 11.1. The molecule has 1 N–H and O–H groups in total. The van der Waals surface area contributed by atoms with Gasteiger partial charge in [-0.2, -0.15) is 0 Å². The molecule has 1 aromatic heterocycles. The van der Waals surface area contributed by atoms with E-state index in [0.717, 1.165) is 11.3 Å². The van der Waals surface area contributed by atoms with Crippen LogP contribution in [0.5, 0.6) is 0 Å². The smallest absolute Gasteiger partial charge is 0.349 e. The first-order valence-electron chi connectivity index (χ1n) is 4.47. The molecular weight excluding hydrogens is 232 g/mol. The number of thiazole rings is 1. The number of methoxy groups -OCH3 is 2. The second-order valence-corrected chi connectivity index (χ2v) is 3.94. The quantitative estimate of drug-likeness (QED) is 0.793. The van der Waals surface area contributed by atoms with E-state index in [-0.39, 0.29) is 0 Å². The van der Waals surface area contributed by atoms with Gasteiger partial charge in [-0.05, 0) is 6.92 Å². The van der Waals surface area contributed by atoms with Gasteiger partial charge in [0.25, 0.3) is 0 Å². The van der Waals surface area contributed by atoms with E-state index in [1.54, 1.807) is 6.92 Å². The summed E-state index contributed by atoms with van der Waals surface area (Å²) in [5.41, 5.74) is 0. The molecule has 0 aliphatic heterocycles. The monoisotopic (exact) mass is 244 g/mol. The van der Waals surface area contributed by atoms with Gasteiger partial charge in [0, 0.05) is 0 Å². The van der Waals surface area contributed by atoms with Crippen LogP contribution in [0.1, 0.15) is 16.6 Å². The highest BCUT2D eigenvalue weighted by Gasteiger charge is 2.16. The largest absolute Gasteiger partial charge is 0.467 e. The molecule has 16 heavy (non-hydrogen) atoms. The molecule has 1 unspecified atom stereocenters. The fourth-order valence-electron chi connectivity index (χ4n) is 0.957. The molecule has 0 aromatic carbocycles. The van der Waals surface area contributed by atoms with Gasteiger partial charge < -0.3 is 14.8 Å². The van der Waals surface area contributed by atoms with Gasteiger partial charge in [0.1, 0.15) is 10.9 Å². The van der Waals surface area contributed by atoms with Crippen LogP contribution in [0.2, 0.25) is 0 Å². The molecule has 0 aliphatic rings. The first-order chi connectivity index (χ1) is 7.58. The molecule has 1 rings (SSSR count). The summed E-state index contributed by atoms with van der Waals surface area (Å²) < 4.78 is 9.08. The highest BCUT2D eigenvalue weighted by Crippen LogP contribution is 2.19. The van der Waals surface area contributed by atoms with Gasteiger partial charge in [-0.1, -0.05) is 11.3 Å². The van der Waals surface area contributed by atoms with E-state index in [1.165, 1.54) is 20.4 Å². The lowest BCUT2D eigenvalue weighted by Gasteiger charge is -2.09. The average Bonchev–Trinajstić information content (AvgIpc) is 2.75. The molecule has 0 aliphatic carbocycles. The molecule has 0 amide bonds. The molecular formula is C9H12N2O4S. The summed E-state index contributed by atoms with van der Waals surface area (Å²) in [5, 5.41) is 3.29. The minimum Gasteiger partial charge on any atom is -0.467 e. The van der Waals surface area contributed by atoms with Gasteiger partial charge in [-0.15, -0.1) is 0 Å². The van der Waals surface area contributed by atoms with Crippen molar-refractivity contribution in [2.75, 3.05) is 19.5 Å². The van der Waals surface area contributed by atoms with Crippen molar-refractivity contribution in [3.8, 4) is 0 Å². The summed E-state index contributed by atoms with van der Waals surface area (Å²) in [4.78, 5) is 26.6. The zero-order valence-electron chi connectivity index (χ0n) is 9.14. The zero-order chi connectivity index (χ0) is 12.1. The van der Waals surface area contributed by atoms with Crippen molar-refractivity contribution in [3.63, 3.8) is 0 Å². The van der Waals surface area contributed by atoms with Crippen LogP contribution >= 0.6 is 11.3 Å². The number of hydrogen-bond acceptors (Lipinski definition) is 7. The lowest BCUT2D eigenvalue weighted by Crippen LogP contribution is -2.26. The maximum atomic E-state index is 11.1. The van der Waals surface area contributed by atoms with Gasteiger partial charge >= 0.3 is 11.9 Å². The van der Waals surface area contributed by atoms with Crippen LogP contribution in [0, 0.1) is 0 Å². The maximum Gasteiger partial charge on any atom is 0.349 e. The normalized spacial score (nSPS) is 11.7. The Hall–Kier alpha value is -1.63. The third-order valence-electron chi connectivity index (χ3n) is 1.79. The Bertz CT molecular complexity index is 391. The van der Waals surface area contributed by atoms with E-state index in [2.05, 4.69) is 19.8 Å². The predicted octanol–water partition coefficient (Wildman–Crippen LogP) is 0.903.